The fourth-order valence-electron chi connectivity index (χ4n) is 3.86. The zero-order valence-electron chi connectivity index (χ0n) is 17.7. The maximum atomic E-state index is 12.9. The summed E-state index contributed by atoms with van der Waals surface area (Å²) in [6.07, 6.45) is 4.30. The van der Waals surface area contributed by atoms with Crippen molar-refractivity contribution in [3.05, 3.63) is 64.6 Å². The monoisotopic (exact) mass is 498 g/mol. The number of hydrogen-bond donors (Lipinski definition) is 0. The van der Waals surface area contributed by atoms with Crippen LogP contribution in [0.3, 0.4) is 0 Å². The van der Waals surface area contributed by atoms with Crippen molar-refractivity contribution < 1.29 is 4.79 Å². The highest BCUT2D eigenvalue weighted by Crippen LogP contribution is 2.29. The van der Waals surface area contributed by atoms with Crippen molar-refractivity contribution in [2.45, 2.75) is 49.6 Å². The van der Waals surface area contributed by atoms with Gasteiger partial charge in [0.2, 0.25) is 5.91 Å². The molecule has 0 aliphatic carbocycles. The van der Waals surface area contributed by atoms with Gasteiger partial charge in [0.05, 0.1) is 5.25 Å². The molecule has 1 saturated heterocycles. The van der Waals surface area contributed by atoms with Gasteiger partial charge in [0.15, 0.2) is 11.0 Å². The third-order valence-electron chi connectivity index (χ3n) is 5.58. The number of nitrogens with zero attached hydrogens (tertiary/aromatic N) is 4. The smallest absolute Gasteiger partial charge is 0.235 e. The Morgan fingerprint density at radius 2 is 1.74 bits per heavy atom. The minimum Gasteiger partial charge on any atom is -0.342 e. The summed E-state index contributed by atoms with van der Waals surface area (Å²) in [6, 6.07) is 18.6. The lowest BCUT2D eigenvalue weighted by atomic mass is 10.1. The van der Waals surface area contributed by atoms with Crippen molar-refractivity contribution >= 4 is 33.6 Å². The lowest BCUT2D eigenvalue weighted by Crippen LogP contribution is -2.40. The van der Waals surface area contributed by atoms with Gasteiger partial charge in [0.25, 0.3) is 0 Å². The molecule has 0 saturated carbocycles. The highest BCUT2D eigenvalue weighted by Gasteiger charge is 2.25. The van der Waals surface area contributed by atoms with Crippen LogP contribution < -0.4 is 0 Å². The first-order valence-electron chi connectivity index (χ1n) is 10.8. The normalized spacial score (nSPS) is 15.1. The van der Waals surface area contributed by atoms with Crippen LogP contribution >= 0.6 is 27.7 Å². The standard InChI is InChI=1S/C24H27BrN4OS/c1-18(23(30)28-15-6-3-7-16-28)31-24-27-26-22(20-10-12-21(25)13-11-20)29(24)17-14-19-8-4-2-5-9-19/h2,4-5,8-13,18H,3,6-7,14-17H2,1H3. The molecule has 1 unspecified atom stereocenters. The predicted octanol–water partition coefficient (Wildman–Crippen LogP) is 5.44. The molecule has 2 heterocycles. The number of rotatable bonds is 7. The van der Waals surface area contributed by atoms with Crippen LogP contribution in [0.4, 0.5) is 0 Å². The van der Waals surface area contributed by atoms with E-state index in [1.54, 1.807) is 0 Å². The summed E-state index contributed by atoms with van der Waals surface area (Å²) in [5, 5.41) is 9.61. The number of thioether (sulfide) groups is 1. The zero-order valence-corrected chi connectivity index (χ0v) is 20.1. The minimum absolute atomic E-state index is 0.185. The molecular formula is C24H27BrN4OS. The van der Waals surface area contributed by atoms with Crippen molar-refractivity contribution in [2.75, 3.05) is 13.1 Å². The van der Waals surface area contributed by atoms with E-state index < -0.39 is 0 Å². The fourth-order valence-corrected chi connectivity index (χ4v) is 5.08. The molecule has 2 aromatic carbocycles. The van der Waals surface area contributed by atoms with E-state index in [0.29, 0.717) is 0 Å². The second-order valence-corrected chi connectivity index (χ2v) is 10.1. The van der Waals surface area contributed by atoms with Crippen LogP contribution in [0.25, 0.3) is 11.4 Å². The molecule has 0 bridgehead atoms. The van der Waals surface area contributed by atoms with E-state index in [2.05, 4.69) is 55.0 Å². The number of aromatic nitrogens is 3. The van der Waals surface area contributed by atoms with Crippen molar-refractivity contribution in [3.63, 3.8) is 0 Å². The van der Waals surface area contributed by atoms with Crippen LogP contribution in [0.1, 0.15) is 31.7 Å². The summed E-state index contributed by atoms with van der Waals surface area (Å²) in [4.78, 5) is 15.0. The van der Waals surface area contributed by atoms with Gasteiger partial charge in [-0.1, -0.05) is 70.2 Å². The molecule has 5 nitrogen and oxygen atoms in total. The van der Waals surface area contributed by atoms with Crippen molar-refractivity contribution in [2.24, 2.45) is 0 Å². The number of aryl methyl sites for hydroxylation is 1. The van der Waals surface area contributed by atoms with E-state index in [4.69, 9.17) is 0 Å². The molecule has 1 aliphatic rings. The quantitative estimate of drug-likeness (QED) is 0.406. The molecule has 162 valence electrons. The highest BCUT2D eigenvalue weighted by molar-refractivity contribution is 9.10. The van der Waals surface area contributed by atoms with Gasteiger partial charge in [-0.15, -0.1) is 10.2 Å². The fraction of sp³-hybridized carbons (Fsp3) is 0.375. The Labute approximate surface area is 196 Å². The number of likely N-dealkylation sites (tertiary alicyclic amines) is 1. The molecule has 4 rings (SSSR count). The maximum Gasteiger partial charge on any atom is 0.235 e. The average Bonchev–Trinajstić information content (AvgIpc) is 3.21. The van der Waals surface area contributed by atoms with Gasteiger partial charge >= 0.3 is 0 Å². The molecule has 1 aliphatic heterocycles. The Morgan fingerprint density at radius 1 is 1.03 bits per heavy atom. The molecule has 1 atom stereocenters. The SMILES string of the molecule is CC(Sc1nnc(-c2ccc(Br)cc2)n1CCc1ccccc1)C(=O)N1CCCCC1. The number of benzene rings is 2. The average molecular weight is 499 g/mol. The number of halogens is 1. The molecule has 7 heteroatoms. The first-order chi connectivity index (χ1) is 15.1. The van der Waals surface area contributed by atoms with Crippen LogP contribution in [-0.2, 0) is 17.8 Å². The largest absolute Gasteiger partial charge is 0.342 e. The van der Waals surface area contributed by atoms with E-state index in [9.17, 15) is 4.79 Å². The lowest BCUT2D eigenvalue weighted by molar-refractivity contribution is -0.131. The van der Waals surface area contributed by atoms with E-state index in [0.717, 1.165) is 59.9 Å². The number of hydrogen-bond acceptors (Lipinski definition) is 4. The zero-order chi connectivity index (χ0) is 21.6. The number of piperidine rings is 1. The lowest BCUT2D eigenvalue weighted by Gasteiger charge is -2.28. The summed E-state index contributed by atoms with van der Waals surface area (Å²) in [5.41, 5.74) is 2.29. The Morgan fingerprint density at radius 3 is 2.45 bits per heavy atom. The van der Waals surface area contributed by atoms with E-state index in [1.807, 2.05) is 42.2 Å². The summed E-state index contributed by atoms with van der Waals surface area (Å²) >= 11 is 5.02. The van der Waals surface area contributed by atoms with Crippen LogP contribution in [0, 0.1) is 0 Å². The van der Waals surface area contributed by atoms with Crippen molar-refractivity contribution in [3.8, 4) is 11.4 Å². The molecule has 0 spiro atoms. The van der Waals surface area contributed by atoms with Gasteiger partial charge in [0, 0.05) is 29.7 Å². The van der Waals surface area contributed by atoms with Gasteiger partial charge in [-0.25, -0.2) is 0 Å². The first kappa shape index (κ1) is 22.1. The van der Waals surface area contributed by atoms with Gasteiger partial charge in [-0.2, -0.15) is 0 Å². The Hall–Kier alpha value is -2.12. The van der Waals surface area contributed by atoms with Gasteiger partial charge < -0.3 is 9.47 Å². The van der Waals surface area contributed by atoms with E-state index in [-0.39, 0.29) is 11.2 Å². The molecule has 1 amide bonds. The third kappa shape index (κ3) is 5.57. The predicted molar refractivity (Wildman–Crippen MR) is 129 cm³/mol. The summed E-state index contributed by atoms with van der Waals surface area (Å²) in [5.74, 6) is 1.04. The Bertz CT molecular complexity index is 1000. The number of carbonyl (C=O) groups excluding carboxylic acids is 1. The molecule has 3 aromatic rings. The van der Waals surface area contributed by atoms with Crippen LogP contribution in [-0.4, -0.2) is 43.9 Å². The summed E-state index contributed by atoms with van der Waals surface area (Å²) in [6.45, 7) is 4.48. The molecular weight excluding hydrogens is 472 g/mol. The molecule has 0 radical (unpaired) electrons. The van der Waals surface area contributed by atoms with E-state index in [1.165, 1.54) is 23.7 Å². The van der Waals surface area contributed by atoms with Crippen molar-refractivity contribution in [1.82, 2.24) is 19.7 Å². The molecule has 31 heavy (non-hydrogen) atoms. The first-order valence-corrected chi connectivity index (χ1v) is 12.5. The number of carbonyl (C=O) groups is 1. The Balaban J connectivity index is 1.57. The topological polar surface area (TPSA) is 51.0 Å². The Kier molecular flexibility index (Phi) is 7.45. The second kappa shape index (κ2) is 10.5. The van der Waals surface area contributed by atoms with Gasteiger partial charge in [-0.3, -0.25) is 4.79 Å². The van der Waals surface area contributed by atoms with Gasteiger partial charge in [-0.05, 0) is 50.3 Å². The number of amides is 1. The third-order valence-corrected chi connectivity index (χ3v) is 7.18. The summed E-state index contributed by atoms with van der Waals surface area (Å²) in [7, 11) is 0. The maximum absolute atomic E-state index is 12.9. The van der Waals surface area contributed by atoms with Gasteiger partial charge in [0.1, 0.15) is 0 Å². The molecule has 1 fully saturated rings. The molecule has 1 aromatic heterocycles. The van der Waals surface area contributed by atoms with Crippen LogP contribution in [0.5, 0.6) is 0 Å². The summed E-state index contributed by atoms with van der Waals surface area (Å²) < 4.78 is 3.18. The van der Waals surface area contributed by atoms with Crippen LogP contribution in [0.15, 0.2) is 64.2 Å². The second-order valence-electron chi connectivity index (χ2n) is 7.85. The van der Waals surface area contributed by atoms with E-state index >= 15 is 0 Å². The van der Waals surface area contributed by atoms with Crippen LogP contribution in [0.2, 0.25) is 0 Å². The molecule has 0 N–H and O–H groups in total. The highest BCUT2D eigenvalue weighted by atomic mass is 79.9. The van der Waals surface area contributed by atoms with Crippen molar-refractivity contribution in [1.29, 1.82) is 0 Å². The minimum atomic E-state index is -0.185.